The lowest BCUT2D eigenvalue weighted by atomic mass is 9.72. The summed E-state index contributed by atoms with van der Waals surface area (Å²) < 4.78 is 0. The van der Waals surface area contributed by atoms with Crippen LogP contribution in [0.2, 0.25) is 0 Å². The largest absolute Gasteiger partial charge is 0.298 e. The van der Waals surface area contributed by atoms with Crippen LogP contribution >= 0.6 is 11.8 Å². The number of aryl methyl sites for hydroxylation is 2. The third-order valence-corrected chi connectivity index (χ3v) is 6.92. The van der Waals surface area contributed by atoms with E-state index in [0.717, 1.165) is 22.6 Å². The molecule has 154 valence electrons. The molecule has 1 aromatic carbocycles. The number of hydrogen-bond acceptors (Lipinski definition) is 4. The fourth-order valence-electron chi connectivity index (χ4n) is 4.44. The Balaban J connectivity index is 2.26. The van der Waals surface area contributed by atoms with Crippen molar-refractivity contribution in [2.45, 2.75) is 84.8 Å². The molecule has 0 amide bonds. The number of hydrogen-bond donors (Lipinski definition) is 0. The molecule has 3 nitrogen and oxygen atoms in total. The normalized spacial score (nSPS) is 19.9. The van der Waals surface area contributed by atoms with E-state index < -0.39 is 5.92 Å². The maximum Gasteiger partial charge on any atom is 0.151 e. The number of ketones is 3. The number of rotatable bonds is 9. The molecule has 0 heterocycles. The average Bonchev–Trinajstić information content (AvgIpc) is 2.60. The lowest BCUT2D eigenvalue weighted by Crippen LogP contribution is -2.38. The van der Waals surface area contributed by atoms with E-state index in [9.17, 15) is 14.4 Å². The van der Waals surface area contributed by atoms with E-state index in [4.69, 9.17) is 0 Å². The monoisotopic (exact) mass is 402 g/mol. The van der Waals surface area contributed by atoms with Crippen LogP contribution in [0.3, 0.4) is 0 Å². The minimum atomic E-state index is -1.01. The lowest BCUT2D eigenvalue weighted by Gasteiger charge is -2.29. The molecule has 0 aromatic heterocycles. The fourth-order valence-corrected chi connectivity index (χ4v) is 5.73. The summed E-state index contributed by atoms with van der Waals surface area (Å²) in [6.45, 7) is 10.5. The zero-order valence-electron chi connectivity index (χ0n) is 18.0. The summed E-state index contributed by atoms with van der Waals surface area (Å²) in [5, 5.41) is 0. The van der Waals surface area contributed by atoms with Gasteiger partial charge in [0.1, 0.15) is 5.92 Å². The first kappa shape index (κ1) is 22.9. The molecule has 0 bridgehead atoms. The van der Waals surface area contributed by atoms with Crippen molar-refractivity contribution in [1.82, 2.24) is 0 Å². The molecule has 1 aliphatic rings. The molecule has 0 radical (unpaired) electrons. The standard InChI is InChI=1S/C24H34O3S/c1-6-8-10-28-14-19-15(3)11-16(4)23(17(19)5)18-12-21(26)24(22(27)13-18)20(25)9-7-2/h11,18,24H,6-10,12-14H2,1-5H3. The van der Waals surface area contributed by atoms with Crippen molar-refractivity contribution in [2.24, 2.45) is 5.92 Å². The molecule has 1 saturated carbocycles. The van der Waals surface area contributed by atoms with Crippen LogP contribution in [0, 0.1) is 26.7 Å². The van der Waals surface area contributed by atoms with Gasteiger partial charge in [0.15, 0.2) is 17.3 Å². The third kappa shape index (κ3) is 5.14. The molecule has 1 aliphatic carbocycles. The number of Topliss-reactive ketones (excluding diaryl/α,β-unsaturated/α-hetero) is 3. The zero-order chi connectivity index (χ0) is 20.8. The molecule has 0 spiro atoms. The average molecular weight is 403 g/mol. The Morgan fingerprint density at radius 1 is 1.04 bits per heavy atom. The number of unbranched alkanes of at least 4 members (excludes halogenated alkanes) is 1. The fraction of sp³-hybridized carbons (Fsp3) is 0.625. The van der Waals surface area contributed by atoms with Crippen LogP contribution in [0.15, 0.2) is 6.07 Å². The predicted octanol–water partition coefficient (Wildman–Crippen LogP) is 5.65. The molecule has 0 unspecified atom stereocenters. The molecule has 4 heteroatoms. The van der Waals surface area contributed by atoms with Gasteiger partial charge in [-0.1, -0.05) is 26.3 Å². The van der Waals surface area contributed by atoms with Gasteiger partial charge in [0.25, 0.3) is 0 Å². The minimum absolute atomic E-state index is 0.0920. The van der Waals surface area contributed by atoms with Crippen LogP contribution < -0.4 is 0 Å². The Morgan fingerprint density at radius 2 is 1.68 bits per heavy atom. The highest BCUT2D eigenvalue weighted by molar-refractivity contribution is 7.98. The molecule has 2 rings (SSSR count). The minimum Gasteiger partial charge on any atom is -0.298 e. The quantitative estimate of drug-likeness (QED) is 0.396. The van der Waals surface area contributed by atoms with E-state index >= 15 is 0 Å². The highest BCUT2D eigenvalue weighted by atomic mass is 32.2. The van der Waals surface area contributed by atoms with Crippen LogP contribution in [0.1, 0.15) is 86.1 Å². The van der Waals surface area contributed by atoms with Gasteiger partial charge in [-0.05, 0) is 73.1 Å². The van der Waals surface area contributed by atoms with Crippen molar-refractivity contribution < 1.29 is 14.4 Å². The predicted molar refractivity (Wildman–Crippen MR) is 117 cm³/mol. The number of carbonyl (C=O) groups excluding carboxylic acids is 3. The van der Waals surface area contributed by atoms with E-state index in [1.165, 1.54) is 29.5 Å². The van der Waals surface area contributed by atoms with E-state index in [1.807, 2.05) is 18.7 Å². The Labute approximate surface area is 174 Å². The van der Waals surface area contributed by atoms with Gasteiger partial charge in [-0.25, -0.2) is 0 Å². The van der Waals surface area contributed by atoms with Gasteiger partial charge in [-0.2, -0.15) is 11.8 Å². The Kier molecular flexibility index (Phi) is 8.48. The van der Waals surface area contributed by atoms with Gasteiger partial charge >= 0.3 is 0 Å². The third-order valence-electron chi connectivity index (χ3n) is 5.84. The summed E-state index contributed by atoms with van der Waals surface area (Å²) in [7, 11) is 0. The van der Waals surface area contributed by atoms with Crippen molar-refractivity contribution in [2.75, 3.05) is 5.75 Å². The number of thioether (sulfide) groups is 1. The number of benzene rings is 1. The highest BCUT2D eigenvalue weighted by Crippen LogP contribution is 2.38. The summed E-state index contributed by atoms with van der Waals surface area (Å²) in [4.78, 5) is 37.6. The van der Waals surface area contributed by atoms with Crippen molar-refractivity contribution in [1.29, 1.82) is 0 Å². The maximum atomic E-state index is 12.7. The van der Waals surface area contributed by atoms with Gasteiger partial charge in [0, 0.05) is 25.0 Å². The van der Waals surface area contributed by atoms with Crippen molar-refractivity contribution in [3.8, 4) is 0 Å². The van der Waals surface area contributed by atoms with Crippen molar-refractivity contribution >= 4 is 29.1 Å². The molecule has 1 fully saturated rings. The smallest absolute Gasteiger partial charge is 0.151 e. The van der Waals surface area contributed by atoms with Gasteiger partial charge in [-0.3, -0.25) is 14.4 Å². The van der Waals surface area contributed by atoms with Crippen LogP contribution in [0.25, 0.3) is 0 Å². The van der Waals surface area contributed by atoms with Crippen LogP contribution in [0.5, 0.6) is 0 Å². The molecule has 0 atom stereocenters. The van der Waals surface area contributed by atoms with Crippen molar-refractivity contribution in [3.05, 3.63) is 33.9 Å². The second kappa shape index (κ2) is 10.4. The Bertz CT molecular complexity index is 733. The van der Waals surface area contributed by atoms with E-state index in [2.05, 4.69) is 33.8 Å². The van der Waals surface area contributed by atoms with E-state index in [-0.39, 0.29) is 23.3 Å². The molecular formula is C24H34O3S. The summed E-state index contributed by atoms with van der Waals surface area (Å²) in [6.07, 6.45) is 4.02. The molecule has 28 heavy (non-hydrogen) atoms. The lowest BCUT2D eigenvalue weighted by molar-refractivity contribution is -0.142. The van der Waals surface area contributed by atoms with Crippen LogP contribution in [0.4, 0.5) is 0 Å². The van der Waals surface area contributed by atoms with Gasteiger partial charge in [0.2, 0.25) is 0 Å². The SMILES string of the molecule is CCCCSCc1c(C)cc(C)c(C2CC(=O)C(C(=O)CCC)C(=O)C2)c1C. The van der Waals surface area contributed by atoms with Gasteiger partial charge in [0.05, 0.1) is 0 Å². The zero-order valence-corrected chi connectivity index (χ0v) is 18.8. The van der Waals surface area contributed by atoms with Crippen LogP contribution in [-0.2, 0) is 20.1 Å². The van der Waals surface area contributed by atoms with Crippen molar-refractivity contribution in [3.63, 3.8) is 0 Å². The summed E-state index contributed by atoms with van der Waals surface area (Å²) in [5.74, 6) is 0.464. The Hall–Kier alpha value is -1.42. The second-order valence-corrected chi connectivity index (χ2v) is 9.23. The first-order chi connectivity index (χ1) is 13.3. The first-order valence-electron chi connectivity index (χ1n) is 10.6. The first-order valence-corrected chi connectivity index (χ1v) is 11.7. The molecule has 0 saturated heterocycles. The van der Waals surface area contributed by atoms with E-state index in [1.54, 1.807) is 0 Å². The summed E-state index contributed by atoms with van der Waals surface area (Å²) >= 11 is 1.95. The maximum absolute atomic E-state index is 12.7. The van der Waals surface area contributed by atoms with Crippen LogP contribution in [-0.4, -0.2) is 23.1 Å². The van der Waals surface area contributed by atoms with E-state index in [0.29, 0.717) is 25.7 Å². The van der Waals surface area contributed by atoms with Gasteiger partial charge < -0.3 is 0 Å². The molecule has 0 N–H and O–H groups in total. The van der Waals surface area contributed by atoms with Gasteiger partial charge in [-0.15, -0.1) is 0 Å². The summed E-state index contributed by atoms with van der Waals surface area (Å²) in [6, 6.07) is 2.20. The number of carbonyl (C=O) groups is 3. The highest BCUT2D eigenvalue weighted by Gasteiger charge is 2.40. The molecular weight excluding hydrogens is 368 g/mol. The second-order valence-electron chi connectivity index (χ2n) is 8.12. The summed E-state index contributed by atoms with van der Waals surface area (Å²) in [5.41, 5.74) is 6.16. The topological polar surface area (TPSA) is 51.2 Å². The molecule has 0 aliphatic heterocycles. The molecule has 1 aromatic rings. The Morgan fingerprint density at radius 3 is 2.25 bits per heavy atom.